The summed E-state index contributed by atoms with van der Waals surface area (Å²) in [5.41, 5.74) is 0.939. The molecule has 0 fully saturated rings. The molecule has 0 saturated heterocycles. The van der Waals surface area contributed by atoms with Crippen LogP contribution in [-0.2, 0) is 14.3 Å². The molecule has 5 nitrogen and oxygen atoms in total. The van der Waals surface area contributed by atoms with Gasteiger partial charge in [0.25, 0.3) is 5.91 Å². The van der Waals surface area contributed by atoms with E-state index >= 15 is 0 Å². The number of carbonyl (C=O) groups excluding carboxylic acids is 2. The van der Waals surface area contributed by atoms with Crippen LogP contribution < -0.4 is 5.32 Å². The molecule has 0 unspecified atom stereocenters. The van der Waals surface area contributed by atoms with Gasteiger partial charge in [-0.05, 0) is 43.0 Å². The Balaban J connectivity index is 2.56. The fourth-order valence-corrected chi connectivity index (χ4v) is 2.36. The van der Waals surface area contributed by atoms with Crippen molar-refractivity contribution >= 4 is 33.9 Å². The Kier molecular flexibility index (Phi) is 7.18. The second kappa shape index (κ2) is 8.65. The first-order valence-electron chi connectivity index (χ1n) is 7.51. The third-order valence-corrected chi connectivity index (χ3v) is 4.37. The van der Waals surface area contributed by atoms with Crippen LogP contribution in [-0.4, -0.2) is 24.0 Å². The van der Waals surface area contributed by atoms with E-state index in [-0.39, 0.29) is 5.92 Å². The molecule has 128 valence electrons. The summed E-state index contributed by atoms with van der Waals surface area (Å²) in [6.45, 7) is 6.83. The minimum atomic E-state index is -0.994. The second-order valence-corrected chi connectivity index (χ2v) is 6.84. The van der Waals surface area contributed by atoms with E-state index in [0.717, 1.165) is 15.6 Å². The number of rotatable bonds is 6. The Morgan fingerprint density at radius 2 is 2.12 bits per heavy atom. The molecule has 0 radical (unpaired) electrons. The molecule has 0 heterocycles. The predicted molar refractivity (Wildman–Crippen MR) is 95.9 cm³/mol. The lowest BCUT2D eigenvalue weighted by Gasteiger charge is -2.27. The van der Waals surface area contributed by atoms with Crippen LogP contribution in [0.2, 0.25) is 0 Å². The number of hydrogen-bond acceptors (Lipinski definition) is 4. The van der Waals surface area contributed by atoms with Gasteiger partial charge in [0.2, 0.25) is 0 Å². The maximum Gasteiger partial charge on any atom is 0.331 e. The molecule has 24 heavy (non-hydrogen) atoms. The van der Waals surface area contributed by atoms with Crippen LogP contribution in [0.15, 0.2) is 28.7 Å². The highest BCUT2D eigenvalue weighted by molar-refractivity contribution is 9.10. The monoisotopic (exact) mass is 392 g/mol. The average molecular weight is 393 g/mol. The number of carbonyl (C=O) groups is 2. The molecule has 0 aliphatic rings. The summed E-state index contributed by atoms with van der Waals surface area (Å²) in [4.78, 5) is 23.5. The third-order valence-electron chi connectivity index (χ3n) is 3.69. The van der Waals surface area contributed by atoms with Crippen LogP contribution in [0.4, 0.5) is 0 Å². The molecule has 1 amide bonds. The summed E-state index contributed by atoms with van der Waals surface area (Å²) in [6, 6.07) is 7.80. The van der Waals surface area contributed by atoms with Crippen molar-refractivity contribution in [3.63, 3.8) is 0 Å². The molecule has 1 atom stereocenters. The number of halogens is 1. The Hall–Kier alpha value is -2.13. The summed E-state index contributed by atoms with van der Waals surface area (Å²) in [6.07, 6.45) is 2.87. The predicted octanol–water partition coefficient (Wildman–Crippen LogP) is 3.37. The highest BCUT2D eigenvalue weighted by Gasteiger charge is 2.30. The van der Waals surface area contributed by atoms with E-state index < -0.39 is 24.0 Å². The van der Waals surface area contributed by atoms with Gasteiger partial charge in [-0.2, -0.15) is 5.26 Å². The Bertz CT molecular complexity index is 692. The van der Waals surface area contributed by atoms with Crippen molar-refractivity contribution in [1.82, 2.24) is 5.32 Å². The highest BCUT2D eigenvalue weighted by Crippen LogP contribution is 2.19. The Morgan fingerprint density at radius 1 is 1.46 bits per heavy atom. The first-order valence-corrected chi connectivity index (χ1v) is 8.30. The van der Waals surface area contributed by atoms with E-state index in [4.69, 9.17) is 10.00 Å². The summed E-state index contributed by atoms with van der Waals surface area (Å²) in [5.74, 6) is -1.20. The SMILES string of the molecule is Cc1ccc(/C=C/C(=O)OCC(=O)N[C@@](C)(C#N)C(C)C)c(Br)c1. The van der Waals surface area contributed by atoms with Crippen LogP contribution in [0.1, 0.15) is 31.9 Å². The van der Waals surface area contributed by atoms with Gasteiger partial charge in [-0.25, -0.2) is 4.79 Å². The molecule has 1 rings (SSSR count). The molecule has 0 bridgehead atoms. The van der Waals surface area contributed by atoms with Gasteiger partial charge in [-0.3, -0.25) is 4.79 Å². The topological polar surface area (TPSA) is 79.2 Å². The van der Waals surface area contributed by atoms with Crippen molar-refractivity contribution in [3.8, 4) is 6.07 Å². The molecular weight excluding hydrogens is 372 g/mol. The molecule has 1 N–H and O–H groups in total. The number of ether oxygens (including phenoxy) is 1. The number of nitriles is 1. The number of hydrogen-bond donors (Lipinski definition) is 1. The fraction of sp³-hybridized carbons (Fsp3) is 0.389. The zero-order chi connectivity index (χ0) is 18.3. The average Bonchev–Trinajstić information content (AvgIpc) is 2.51. The molecule has 1 aromatic rings. The lowest BCUT2D eigenvalue weighted by Crippen LogP contribution is -2.50. The van der Waals surface area contributed by atoms with Crippen molar-refractivity contribution in [2.24, 2.45) is 5.92 Å². The Morgan fingerprint density at radius 3 is 2.67 bits per heavy atom. The molecule has 1 aromatic carbocycles. The maximum atomic E-state index is 11.8. The molecule has 0 aliphatic carbocycles. The minimum absolute atomic E-state index is 0.0686. The van der Waals surface area contributed by atoms with Crippen LogP contribution >= 0.6 is 15.9 Å². The van der Waals surface area contributed by atoms with Crippen LogP contribution in [0.5, 0.6) is 0 Å². The summed E-state index contributed by atoms with van der Waals surface area (Å²) in [5, 5.41) is 11.7. The molecule has 0 saturated carbocycles. The van der Waals surface area contributed by atoms with Gasteiger partial charge in [0.15, 0.2) is 6.61 Å². The van der Waals surface area contributed by atoms with Crippen molar-refractivity contribution in [3.05, 3.63) is 39.9 Å². The minimum Gasteiger partial charge on any atom is -0.452 e. The maximum absolute atomic E-state index is 11.8. The molecule has 6 heteroatoms. The number of aryl methyl sites for hydroxylation is 1. The second-order valence-electron chi connectivity index (χ2n) is 5.98. The van der Waals surface area contributed by atoms with E-state index in [2.05, 4.69) is 27.3 Å². The summed E-state index contributed by atoms with van der Waals surface area (Å²) < 4.78 is 5.76. The normalized spacial score (nSPS) is 13.4. The van der Waals surface area contributed by atoms with E-state index in [9.17, 15) is 9.59 Å². The third kappa shape index (κ3) is 5.82. The molecular formula is C18H21BrN2O3. The van der Waals surface area contributed by atoms with Gasteiger partial charge in [-0.1, -0.05) is 41.9 Å². The highest BCUT2D eigenvalue weighted by atomic mass is 79.9. The van der Waals surface area contributed by atoms with E-state index in [1.807, 2.05) is 39.0 Å². The van der Waals surface area contributed by atoms with Crippen LogP contribution in [0.3, 0.4) is 0 Å². The molecule has 0 aliphatic heterocycles. The number of nitrogens with zero attached hydrogens (tertiary/aromatic N) is 1. The van der Waals surface area contributed by atoms with E-state index in [1.54, 1.807) is 13.0 Å². The van der Waals surface area contributed by atoms with E-state index in [1.165, 1.54) is 6.08 Å². The van der Waals surface area contributed by atoms with Gasteiger partial charge in [-0.15, -0.1) is 0 Å². The van der Waals surface area contributed by atoms with Crippen LogP contribution in [0.25, 0.3) is 6.08 Å². The summed E-state index contributed by atoms with van der Waals surface area (Å²) >= 11 is 3.42. The van der Waals surface area contributed by atoms with Gasteiger partial charge in [0.1, 0.15) is 5.54 Å². The number of benzene rings is 1. The number of amides is 1. The van der Waals surface area contributed by atoms with Gasteiger partial charge in [0, 0.05) is 10.5 Å². The Labute approximate surface area is 150 Å². The van der Waals surface area contributed by atoms with Gasteiger partial charge < -0.3 is 10.1 Å². The van der Waals surface area contributed by atoms with E-state index in [0.29, 0.717) is 0 Å². The number of nitrogens with one attached hydrogen (secondary N) is 1. The lowest BCUT2D eigenvalue weighted by atomic mass is 9.90. The van der Waals surface area contributed by atoms with Gasteiger partial charge >= 0.3 is 5.97 Å². The molecule has 0 aromatic heterocycles. The van der Waals surface area contributed by atoms with Crippen molar-refractivity contribution < 1.29 is 14.3 Å². The lowest BCUT2D eigenvalue weighted by molar-refractivity contribution is -0.144. The fourth-order valence-electron chi connectivity index (χ4n) is 1.74. The van der Waals surface area contributed by atoms with Crippen molar-refractivity contribution in [2.45, 2.75) is 33.2 Å². The largest absolute Gasteiger partial charge is 0.452 e. The standard InChI is InChI=1S/C18H21BrN2O3/c1-12(2)18(4,11-20)21-16(22)10-24-17(23)8-7-14-6-5-13(3)9-15(14)19/h5-9,12H,10H2,1-4H3,(H,21,22)/b8-7+/t18-/m0/s1. The van der Waals surface area contributed by atoms with Crippen LogP contribution in [0, 0.1) is 24.2 Å². The first kappa shape index (κ1) is 19.9. The zero-order valence-electron chi connectivity index (χ0n) is 14.2. The summed E-state index contributed by atoms with van der Waals surface area (Å²) in [7, 11) is 0. The van der Waals surface area contributed by atoms with Gasteiger partial charge in [0.05, 0.1) is 6.07 Å². The zero-order valence-corrected chi connectivity index (χ0v) is 15.8. The first-order chi connectivity index (χ1) is 11.2. The van der Waals surface area contributed by atoms with Crippen molar-refractivity contribution in [1.29, 1.82) is 5.26 Å². The quantitative estimate of drug-likeness (QED) is 0.594. The smallest absolute Gasteiger partial charge is 0.331 e. The molecule has 0 spiro atoms. The van der Waals surface area contributed by atoms with Crippen molar-refractivity contribution in [2.75, 3.05) is 6.61 Å². The number of esters is 1.